The molecule has 0 bridgehead atoms. The summed E-state index contributed by atoms with van der Waals surface area (Å²) in [7, 11) is 0. The molecule has 0 saturated heterocycles. The first kappa shape index (κ1) is 12.3. The second kappa shape index (κ2) is 4.02. The van der Waals surface area contributed by atoms with E-state index in [9.17, 15) is 10.1 Å². The molecule has 0 radical (unpaired) electrons. The Morgan fingerprint density at radius 3 is 1.91 bits per heavy atom. The quantitative estimate of drug-likeness (QED) is 0.306. The van der Waals surface area contributed by atoms with Gasteiger partial charge in [-0.25, -0.2) is 0 Å². The maximum Gasteiger partial charge on any atom is 0.342 e. The van der Waals surface area contributed by atoms with Crippen molar-refractivity contribution in [1.29, 1.82) is 0 Å². The van der Waals surface area contributed by atoms with Gasteiger partial charge in [0.25, 0.3) is 0 Å². The zero-order valence-corrected chi connectivity index (χ0v) is 11.8. The highest BCUT2D eigenvalue weighted by Crippen LogP contribution is 2.44. The highest BCUT2D eigenvalue weighted by Gasteiger charge is 2.53. The van der Waals surface area contributed by atoms with Crippen molar-refractivity contribution < 1.29 is 4.92 Å². The average Bonchev–Trinajstić information content (AvgIpc) is 1.87. The van der Waals surface area contributed by atoms with Crippen LogP contribution in [0, 0.1) is 10.1 Å². The summed E-state index contributed by atoms with van der Waals surface area (Å²) < 4.78 is -2.01. The van der Waals surface area contributed by atoms with Gasteiger partial charge in [0, 0.05) is 37.2 Å². The Balaban J connectivity index is 4.67. The van der Waals surface area contributed by atoms with Crippen molar-refractivity contribution in [2.75, 3.05) is 5.33 Å². The maximum atomic E-state index is 10.5. The minimum atomic E-state index is -1.34. The topological polar surface area (TPSA) is 43.1 Å². The highest BCUT2D eigenvalue weighted by atomic mass is 79.9. The number of nitro groups is 1. The molecule has 0 aliphatic carbocycles. The van der Waals surface area contributed by atoms with Gasteiger partial charge < -0.3 is 0 Å². The van der Waals surface area contributed by atoms with E-state index < -0.39 is 12.6 Å². The third-order valence-corrected chi connectivity index (χ3v) is 7.23. The number of hydrogen-bond acceptors (Lipinski definition) is 2. The van der Waals surface area contributed by atoms with Crippen LogP contribution in [0.4, 0.5) is 0 Å². The zero-order chi connectivity index (χ0) is 9.28. The molecule has 0 spiro atoms. The summed E-state index contributed by atoms with van der Waals surface area (Å²) in [6.07, 6.45) is 0. The highest BCUT2D eigenvalue weighted by molar-refractivity contribution is 9.26. The van der Waals surface area contributed by atoms with Gasteiger partial charge in [-0.3, -0.25) is 10.1 Å². The fourth-order valence-electron chi connectivity index (χ4n) is 0.271. The minimum Gasteiger partial charge on any atom is -0.262 e. The van der Waals surface area contributed by atoms with Crippen LogP contribution in [0.2, 0.25) is 0 Å². The van der Waals surface area contributed by atoms with Crippen LogP contribution in [0.3, 0.4) is 0 Å². The normalized spacial score (nSPS) is 17.5. The van der Waals surface area contributed by atoms with E-state index in [1.54, 1.807) is 6.92 Å². The number of halogens is 4. The second-order valence-electron chi connectivity index (χ2n) is 2.13. The van der Waals surface area contributed by atoms with Crippen LogP contribution in [0.25, 0.3) is 0 Å². The fraction of sp³-hybridized carbons (Fsp3) is 1.00. The molecular formula is C4H5Br4NO2. The molecule has 0 aromatic heterocycles. The number of rotatable bonds is 3. The van der Waals surface area contributed by atoms with Gasteiger partial charge in [0.15, 0.2) is 0 Å². The Morgan fingerprint density at radius 2 is 1.82 bits per heavy atom. The van der Waals surface area contributed by atoms with Gasteiger partial charge in [-0.05, 0) is 6.92 Å². The molecule has 0 amide bonds. The summed E-state index contributed by atoms with van der Waals surface area (Å²) in [4.78, 5) is 10.0. The molecule has 0 aliphatic rings. The SMILES string of the molecule is CC(Br)(CBr)C(Br)(Br)[N+](=O)[O-]. The molecule has 3 nitrogen and oxygen atoms in total. The van der Waals surface area contributed by atoms with Crippen molar-refractivity contribution in [1.82, 2.24) is 0 Å². The molecule has 0 rings (SSSR count). The zero-order valence-electron chi connectivity index (χ0n) is 5.48. The molecule has 11 heavy (non-hydrogen) atoms. The van der Waals surface area contributed by atoms with Crippen LogP contribution in [0.1, 0.15) is 6.92 Å². The van der Waals surface area contributed by atoms with Gasteiger partial charge in [-0.2, -0.15) is 0 Å². The summed E-state index contributed by atoms with van der Waals surface area (Å²) >= 11 is 12.3. The summed E-state index contributed by atoms with van der Waals surface area (Å²) in [5, 5.41) is 10.9. The summed E-state index contributed by atoms with van der Waals surface area (Å²) in [5.74, 6) is 0. The van der Waals surface area contributed by atoms with Crippen molar-refractivity contribution in [3.63, 3.8) is 0 Å². The van der Waals surface area contributed by atoms with Crippen LogP contribution in [-0.2, 0) is 0 Å². The Hall–Kier alpha value is 1.32. The van der Waals surface area contributed by atoms with E-state index in [1.807, 2.05) is 0 Å². The van der Waals surface area contributed by atoms with E-state index >= 15 is 0 Å². The van der Waals surface area contributed by atoms with Crippen LogP contribution >= 0.6 is 63.7 Å². The third-order valence-electron chi connectivity index (χ3n) is 1.11. The smallest absolute Gasteiger partial charge is 0.262 e. The van der Waals surface area contributed by atoms with Crippen LogP contribution in [-0.4, -0.2) is 17.9 Å². The lowest BCUT2D eigenvalue weighted by Crippen LogP contribution is -2.44. The van der Waals surface area contributed by atoms with Gasteiger partial charge in [0.05, 0.1) is 4.92 Å². The van der Waals surface area contributed by atoms with Crippen molar-refractivity contribution >= 4 is 63.7 Å². The first-order valence-corrected chi connectivity index (χ1v) is 6.03. The fourth-order valence-corrected chi connectivity index (χ4v) is 1.85. The molecule has 0 saturated carbocycles. The summed E-state index contributed by atoms with van der Waals surface area (Å²) in [5.41, 5.74) is 0. The van der Waals surface area contributed by atoms with E-state index in [4.69, 9.17) is 0 Å². The van der Waals surface area contributed by atoms with Crippen molar-refractivity contribution in [3.05, 3.63) is 10.1 Å². The monoisotopic (exact) mass is 415 g/mol. The van der Waals surface area contributed by atoms with Crippen LogP contribution in [0.15, 0.2) is 0 Å². The van der Waals surface area contributed by atoms with Crippen molar-refractivity contribution in [3.8, 4) is 0 Å². The van der Waals surface area contributed by atoms with Gasteiger partial charge in [-0.1, -0.05) is 31.9 Å². The molecule has 0 heterocycles. The predicted octanol–water partition coefficient (Wildman–Crippen LogP) is 3.26. The lowest BCUT2D eigenvalue weighted by Gasteiger charge is -2.26. The van der Waals surface area contributed by atoms with Crippen molar-refractivity contribution in [2.24, 2.45) is 0 Å². The molecule has 0 aromatic rings. The average molecular weight is 419 g/mol. The number of nitrogens with zero attached hydrogens (tertiary/aromatic N) is 1. The van der Waals surface area contributed by atoms with Gasteiger partial charge in [0.1, 0.15) is 4.32 Å². The summed E-state index contributed by atoms with van der Waals surface area (Å²) in [6, 6.07) is 0. The van der Waals surface area contributed by atoms with E-state index in [0.29, 0.717) is 5.33 Å². The lowest BCUT2D eigenvalue weighted by atomic mass is 10.2. The lowest BCUT2D eigenvalue weighted by molar-refractivity contribution is -0.507. The molecule has 0 aromatic carbocycles. The molecule has 1 atom stereocenters. The Bertz CT molecular complexity index is 169. The van der Waals surface area contributed by atoms with E-state index in [2.05, 4.69) is 63.7 Å². The van der Waals surface area contributed by atoms with Crippen LogP contribution in [0.5, 0.6) is 0 Å². The Morgan fingerprint density at radius 1 is 1.45 bits per heavy atom. The predicted molar refractivity (Wildman–Crippen MR) is 58.7 cm³/mol. The molecule has 1 unspecified atom stereocenters. The molecule has 66 valence electrons. The molecule has 7 heteroatoms. The Kier molecular flexibility index (Phi) is 4.50. The molecule has 0 fully saturated rings. The minimum absolute atomic E-state index is 0.441. The first-order chi connectivity index (χ1) is 4.75. The largest absolute Gasteiger partial charge is 0.342 e. The van der Waals surface area contributed by atoms with Gasteiger partial charge >= 0.3 is 3.36 Å². The van der Waals surface area contributed by atoms with Crippen LogP contribution < -0.4 is 0 Å². The van der Waals surface area contributed by atoms with Gasteiger partial charge in [-0.15, -0.1) is 0 Å². The first-order valence-electron chi connectivity index (χ1n) is 2.53. The van der Waals surface area contributed by atoms with E-state index in [1.165, 1.54) is 0 Å². The van der Waals surface area contributed by atoms with Crippen molar-refractivity contribution in [2.45, 2.75) is 14.6 Å². The molecular weight excluding hydrogens is 414 g/mol. The number of hydrogen-bond donors (Lipinski definition) is 0. The van der Waals surface area contributed by atoms with Gasteiger partial charge in [0.2, 0.25) is 0 Å². The molecule has 0 N–H and O–H groups in total. The third kappa shape index (κ3) is 2.63. The summed E-state index contributed by atoms with van der Waals surface area (Å²) in [6.45, 7) is 1.70. The van der Waals surface area contributed by atoms with E-state index in [0.717, 1.165) is 0 Å². The number of alkyl halides is 4. The Labute approximate surface area is 98.0 Å². The second-order valence-corrected chi connectivity index (χ2v) is 7.80. The standard InChI is InChI=1S/C4H5Br4NO2/c1-3(6,2-5)4(7,8)9(10)11/h2H2,1H3. The molecule has 0 aliphatic heterocycles. The van der Waals surface area contributed by atoms with E-state index in [-0.39, 0.29) is 0 Å². The maximum absolute atomic E-state index is 10.5.